The van der Waals surface area contributed by atoms with E-state index < -0.39 is 0 Å². The van der Waals surface area contributed by atoms with Gasteiger partial charge >= 0.3 is 0 Å². The Bertz CT molecular complexity index is 188. The van der Waals surface area contributed by atoms with Crippen LogP contribution in [-0.2, 0) is 4.84 Å². The molecular formula is C10H21N3O. The molecule has 0 aromatic rings. The van der Waals surface area contributed by atoms with Gasteiger partial charge in [-0.2, -0.15) is 5.90 Å². The summed E-state index contributed by atoms with van der Waals surface area (Å²) in [6.45, 7) is 6.22. The number of piperidine rings is 1. The minimum Gasteiger partial charge on any atom is -0.396 e. The number of nitrogens with one attached hydrogen (secondary N) is 1. The van der Waals surface area contributed by atoms with Gasteiger partial charge in [-0.3, -0.25) is 4.99 Å². The van der Waals surface area contributed by atoms with Crippen molar-refractivity contribution in [3.8, 4) is 0 Å². The Hall–Kier alpha value is -0.610. The number of nitrogens with two attached hydrogens (primary N) is 1. The maximum atomic E-state index is 5.25. The van der Waals surface area contributed by atoms with Gasteiger partial charge < -0.3 is 10.2 Å². The summed E-state index contributed by atoms with van der Waals surface area (Å²) in [6, 6.07) is 0.301. The molecule has 1 fully saturated rings. The van der Waals surface area contributed by atoms with E-state index in [-0.39, 0.29) is 0 Å². The Morgan fingerprint density at radius 1 is 1.71 bits per heavy atom. The number of nitrogens with zero attached hydrogens (tertiary/aromatic N) is 1. The van der Waals surface area contributed by atoms with Crippen molar-refractivity contribution in [2.75, 3.05) is 13.1 Å². The molecule has 82 valence electrons. The fourth-order valence-electron chi connectivity index (χ4n) is 1.60. The fraction of sp³-hybridized carbons (Fsp3) is 0.900. The van der Waals surface area contributed by atoms with Gasteiger partial charge in [-0.25, -0.2) is 0 Å². The lowest BCUT2D eigenvalue weighted by molar-refractivity contribution is 0.274. The molecule has 1 aliphatic rings. The summed E-state index contributed by atoms with van der Waals surface area (Å²) in [5, 5.41) is 3.32. The van der Waals surface area contributed by atoms with Crippen LogP contribution in [0.5, 0.6) is 0 Å². The van der Waals surface area contributed by atoms with Crippen molar-refractivity contribution < 1.29 is 4.84 Å². The Balaban J connectivity index is 2.54. The molecule has 1 saturated heterocycles. The predicted octanol–water partition coefficient (Wildman–Crippen LogP) is 1.07. The topological polar surface area (TPSA) is 59.6 Å². The predicted molar refractivity (Wildman–Crippen MR) is 58.1 cm³/mol. The molecule has 0 amide bonds. The third-order valence-electron chi connectivity index (χ3n) is 2.71. The highest BCUT2D eigenvalue weighted by atomic mass is 16.6. The van der Waals surface area contributed by atoms with Crippen molar-refractivity contribution in [2.24, 2.45) is 16.8 Å². The van der Waals surface area contributed by atoms with E-state index in [1.165, 1.54) is 6.42 Å². The van der Waals surface area contributed by atoms with Crippen LogP contribution in [0.3, 0.4) is 0 Å². The first kappa shape index (κ1) is 11.5. The van der Waals surface area contributed by atoms with Gasteiger partial charge in [0.05, 0.1) is 6.04 Å². The Morgan fingerprint density at radius 3 is 3.00 bits per heavy atom. The summed E-state index contributed by atoms with van der Waals surface area (Å²) in [5.74, 6) is 6.33. The number of aliphatic imine (C=N–C) groups is 1. The summed E-state index contributed by atoms with van der Waals surface area (Å²) in [4.78, 5) is 9.34. The molecule has 1 heterocycles. The van der Waals surface area contributed by atoms with Gasteiger partial charge in [-0.1, -0.05) is 6.92 Å². The van der Waals surface area contributed by atoms with Crippen LogP contribution >= 0.6 is 0 Å². The molecule has 0 spiro atoms. The average Bonchev–Trinajstić information content (AvgIpc) is 2.26. The summed E-state index contributed by atoms with van der Waals surface area (Å²) in [7, 11) is 0. The third kappa shape index (κ3) is 3.27. The molecule has 4 nitrogen and oxygen atoms in total. The lowest BCUT2D eigenvalue weighted by atomic mass is 9.99. The average molecular weight is 199 g/mol. The first-order chi connectivity index (χ1) is 6.77. The zero-order valence-corrected chi connectivity index (χ0v) is 9.12. The number of hydrogen-bond acceptors (Lipinski definition) is 4. The van der Waals surface area contributed by atoms with Gasteiger partial charge in [0.2, 0.25) is 5.90 Å². The molecule has 3 N–H and O–H groups in total. The maximum Gasteiger partial charge on any atom is 0.213 e. The van der Waals surface area contributed by atoms with Crippen molar-refractivity contribution in [1.82, 2.24) is 5.32 Å². The van der Waals surface area contributed by atoms with Crippen LogP contribution in [0.15, 0.2) is 4.99 Å². The van der Waals surface area contributed by atoms with E-state index in [0.29, 0.717) is 17.9 Å². The van der Waals surface area contributed by atoms with Crippen molar-refractivity contribution in [1.29, 1.82) is 0 Å². The van der Waals surface area contributed by atoms with Crippen LogP contribution in [0.1, 0.15) is 33.1 Å². The molecule has 0 aliphatic carbocycles. The Morgan fingerprint density at radius 2 is 2.50 bits per heavy atom. The molecule has 0 saturated carbocycles. The smallest absolute Gasteiger partial charge is 0.213 e. The maximum absolute atomic E-state index is 5.25. The molecule has 14 heavy (non-hydrogen) atoms. The lowest BCUT2D eigenvalue weighted by Crippen LogP contribution is -2.36. The molecule has 4 heteroatoms. The zero-order valence-electron chi connectivity index (χ0n) is 9.12. The fourth-order valence-corrected chi connectivity index (χ4v) is 1.60. The second-order valence-corrected chi connectivity index (χ2v) is 3.89. The first-order valence-corrected chi connectivity index (χ1v) is 5.43. The van der Waals surface area contributed by atoms with Crippen molar-refractivity contribution in [3.63, 3.8) is 0 Å². The normalized spacial score (nSPS) is 25.9. The highest BCUT2D eigenvalue weighted by molar-refractivity contribution is 5.79. The van der Waals surface area contributed by atoms with Crippen LogP contribution < -0.4 is 11.2 Å². The molecule has 1 aliphatic heterocycles. The van der Waals surface area contributed by atoms with Gasteiger partial charge in [-0.05, 0) is 32.7 Å². The lowest BCUT2D eigenvalue weighted by Gasteiger charge is -2.23. The second-order valence-electron chi connectivity index (χ2n) is 3.89. The number of rotatable bonds is 3. The van der Waals surface area contributed by atoms with Gasteiger partial charge in [-0.15, -0.1) is 0 Å². The minimum atomic E-state index is 0.301. The standard InChI is InChI=1S/C10H21N3O/c1-3-8(2)13-10(14-11)9-5-4-6-12-7-9/h8-9,12H,3-7,11H2,1-2H3/b13-10-. The van der Waals surface area contributed by atoms with Crippen LogP contribution in [0.4, 0.5) is 0 Å². The zero-order chi connectivity index (χ0) is 10.4. The molecule has 0 bridgehead atoms. The van der Waals surface area contributed by atoms with E-state index in [0.717, 1.165) is 25.9 Å². The van der Waals surface area contributed by atoms with E-state index in [4.69, 9.17) is 10.7 Å². The first-order valence-electron chi connectivity index (χ1n) is 5.43. The molecule has 0 radical (unpaired) electrons. The van der Waals surface area contributed by atoms with Crippen LogP contribution in [0.2, 0.25) is 0 Å². The summed E-state index contributed by atoms with van der Waals surface area (Å²) >= 11 is 0. The van der Waals surface area contributed by atoms with Crippen LogP contribution in [-0.4, -0.2) is 25.0 Å². The summed E-state index contributed by atoms with van der Waals surface area (Å²) < 4.78 is 0. The molecular weight excluding hydrogens is 178 g/mol. The Kier molecular flexibility index (Phi) is 4.90. The minimum absolute atomic E-state index is 0.301. The van der Waals surface area contributed by atoms with Crippen molar-refractivity contribution >= 4 is 5.90 Å². The molecule has 0 aromatic heterocycles. The Labute approximate surface area is 85.9 Å². The summed E-state index contributed by atoms with van der Waals surface area (Å²) in [6.07, 6.45) is 3.32. The van der Waals surface area contributed by atoms with Gasteiger partial charge in [0.1, 0.15) is 0 Å². The molecule has 2 unspecified atom stereocenters. The molecule has 1 rings (SSSR count). The monoisotopic (exact) mass is 199 g/mol. The molecule has 2 atom stereocenters. The number of hydrogen-bond donors (Lipinski definition) is 2. The van der Waals surface area contributed by atoms with Crippen LogP contribution in [0.25, 0.3) is 0 Å². The van der Waals surface area contributed by atoms with E-state index in [9.17, 15) is 0 Å². The molecule has 0 aromatic carbocycles. The second kappa shape index (κ2) is 5.98. The van der Waals surface area contributed by atoms with Crippen molar-refractivity contribution in [3.05, 3.63) is 0 Å². The third-order valence-corrected chi connectivity index (χ3v) is 2.71. The van der Waals surface area contributed by atoms with Gasteiger partial charge in [0.25, 0.3) is 0 Å². The summed E-state index contributed by atoms with van der Waals surface area (Å²) in [5.41, 5.74) is 0. The SMILES string of the molecule is CCC(C)/N=C(\ON)C1CCCNC1. The quantitative estimate of drug-likeness (QED) is 0.406. The van der Waals surface area contributed by atoms with E-state index in [1.807, 2.05) is 0 Å². The highest BCUT2D eigenvalue weighted by Crippen LogP contribution is 2.13. The van der Waals surface area contributed by atoms with E-state index in [1.54, 1.807) is 0 Å². The highest BCUT2D eigenvalue weighted by Gasteiger charge is 2.20. The van der Waals surface area contributed by atoms with Crippen molar-refractivity contribution in [2.45, 2.75) is 39.2 Å². The van der Waals surface area contributed by atoms with Gasteiger partial charge in [0, 0.05) is 12.5 Å². The van der Waals surface area contributed by atoms with Gasteiger partial charge in [0.15, 0.2) is 0 Å². The van der Waals surface area contributed by atoms with Crippen LogP contribution in [0, 0.1) is 5.92 Å². The van der Waals surface area contributed by atoms with E-state index in [2.05, 4.69) is 24.2 Å². The van der Waals surface area contributed by atoms with E-state index >= 15 is 0 Å². The largest absolute Gasteiger partial charge is 0.396 e.